The fraction of sp³-hybridized carbons (Fsp3) is 0.353. The summed E-state index contributed by atoms with van der Waals surface area (Å²) in [6, 6.07) is 12.3. The molecule has 0 amide bonds. The number of hydrogen-bond acceptors (Lipinski definition) is 4. The van der Waals surface area contributed by atoms with Crippen LogP contribution in [-0.4, -0.2) is 24.7 Å². The van der Waals surface area contributed by atoms with Crippen molar-refractivity contribution in [3.05, 3.63) is 48.2 Å². The van der Waals surface area contributed by atoms with Crippen molar-refractivity contribution in [1.82, 2.24) is 4.98 Å². The summed E-state index contributed by atoms with van der Waals surface area (Å²) >= 11 is 0. The number of nitrogens with one attached hydrogen (secondary N) is 1. The van der Waals surface area contributed by atoms with Crippen molar-refractivity contribution in [3.8, 4) is 11.1 Å². The fourth-order valence-electron chi connectivity index (χ4n) is 2.26. The first-order valence-corrected chi connectivity index (χ1v) is 7.41. The maximum Gasteiger partial charge on any atom is 0.131 e. The number of anilines is 1. The second-order valence-corrected chi connectivity index (χ2v) is 4.73. The minimum Gasteiger partial charge on any atom is -0.382 e. The second-order valence-electron chi connectivity index (χ2n) is 4.73. The number of aromatic nitrogens is 1. The summed E-state index contributed by atoms with van der Waals surface area (Å²) in [7, 11) is 0. The molecule has 0 aliphatic rings. The summed E-state index contributed by atoms with van der Waals surface area (Å²) < 4.78 is 5.34. The summed E-state index contributed by atoms with van der Waals surface area (Å²) in [6.45, 7) is 4.82. The first kappa shape index (κ1) is 15.5. The molecule has 0 saturated carbocycles. The van der Waals surface area contributed by atoms with Gasteiger partial charge in [-0.1, -0.05) is 30.3 Å². The second kappa shape index (κ2) is 8.39. The molecule has 0 aliphatic heterocycles. The third-order valence-corrected chi connectivity index (χ3v) is 3.31. The number of hydrogen-bond donors (Lipinski definition) is 2. The standard InChI is InChI=1S/C17H23N3O/c1-2-21-12-6-10-19-17-16(13-18)15(9-11-20-17)14-7-4-3-5-8-14/h3-5,7-9,11H,2,6,10,12-13,18H2,1H3,(H,19,20). The molecule has 4 heteroatoms. The van der Waals surface area contributed by atoms with Crippen LogP contribution in [0, 0.1) is 0 Å². The Morgan fingerprint density at radius 1 is 1.19 bits per heavy atom. The van der Waals surface area contributed by atoms with E-state index in [0.717, 1.165) is 48.7 Å². The van der Waals surface area contributed by atoms with Gasteiger partial charge in [0.1, 0.15) is 5.82 Å². The van der Waals surface area contributed by atoms with Crippen LogP contribution in [0.15, 0.2) is 42.6 Å². The van der Waals surface area contributed by atoms with Gasteiger partial charge in [-0.3, -0.25) is 0 Å². The lowest BCUT2D eigenvalue weighted by molar-refractivity contribution is 0.147. The highest BCUT2D eigenvalue weighted by Gasteiger charge is 2.09. The van der Waals surface area contributed by atoms with Crippen LogP contribution in [0.4, 0.5) is 5.82 Å². The van der Waals surface area contributed by atoms with Crippen LogP contribution in [0.2, 0.25) is 0 Å². The minimum atomic E-state index is 0.464. The Balaban J connectivity index is 2.12. The molecule has 1 heterocycles. The molecule has 4 nitrogen and oxygen atoms in total. The van der Waals surface area contributed by atoms with E-state index in [9.17, 15) is 0 Å². The van der Waals surface area contributed by atoms with Crippen molar-refractivity contribution in [2.75, 3.05) is 25.1 Å². The zero-order valence-corrected chi connectivity index (χ0v) is 12.5. The number of nitrogens with zero attached hydrogens (tertiary/aromatic N) is 1. The van der Waals surface area contributed by atoms with Crippen molar-refractivity contribution >= 4 is 5.82 Å². The van der Waals surface area contributed by atoms with E-state index in [1.165, 1.54) is 0 Å². The summed E-state index contributed by atoms with van der Waals surface area (Å²) in [5, 5.41) is 3.36. The number of pyridine rings is 1. The lowest BCUT2D eigenvalue weighted by Crippen LogP contribution is -2.11. The third kappa shape index (κ3) is 4.28. The zero-order valence-electron chi connectivity index (χ0n) is 12.5. The normalized spacial score (nSPS) is 10.6. The molecule has 0 atom stereocenters. The Labute approximate surface area is 126 Å². The maximum atomic E-state index is 5.94. The van der Waals surface area contributed by atoms with Gasteiger partial charge in [-0.05, 0) is 30.5 Å². The van der Waals surface area contributed by atoms with Gasteiger partial charge in [-0.25, -0.2) is 4.98 Å². The van der Waals surface area contributed by atoms with Gasteiger partial charge in [0.05, 0.1) is 0 Å². The molecule has 2 rings (SSSR count). The molecule has 0 radical (unpaired) electrons. The highest BCUT2D eigenvalue weighted by atomic mass is 16.5. The highest BCUT2D eigenvalue weighted by molar-refractivity contribution is 5.71. The van der Waals surface area contributed by atoms with Crippen LogP contribution in [0.1, 0.15) is 18.9 Å². The van der Waals surface area contributed by atoms with Crippen molar-refractivity contribution in [2.45, 2.75) is 19.9 Å². The van der Waals surface area contributed by atoms with E-state index in [0.29, 0.717) is 6.54 Å². The quantitative estimate of drug-likeness (QED) is 0.732. The van der Waals surface area contributed by atoms with Crippen LogP contribution in [-0.2, 0) is 11.3 Å². The molecular weight excluding hydrogens is 262 g/mol. The van der Waals surface area contributed by atoms with Crippen molar-refractivity contribution in [1.29, 1.82) is 0 Å². The molecule has 0 spiro atoms. The van der Waals surface area contributed by atoms with E-state index in [1.807, 2.05) is 37.4 Å². The molecule has 0 aliphatic carbocycles. The lowest BCUT2D eigenvalue weighted by Gasteiger charge is -2.14. The Hall–Kier alpha value is -1.91. The Bertz CT molecular complexity index is 543. The number of ether oxygens (including phenoxy) is 1. The predicted molar refractivity (Wildman–Crippen MR) is 87.2 cm³/mol. The molecule has 0 fully saturated rings. The van der Waals surface area contributed by atoms with Crippen molar-refractivity contribution in [3.63, 3.8) is 0 Å². The summed E-state index contributed by atoms with van der Waals surface area (Å²) in [5.74, 6) is 0.871. The zero-order chi connectivity index (χ0) is 14.9. The molecule has 21 heavy (non-hydrogen) atoms. The third-order valence-electron chi connectivity index (χ3n) is 3.31. The van der Waals surface area contributed by atoms with Crippen LogP contribution >= 0.6 is 0 Å². The lowest BCUT2D eigenvalue weighted by atomic mass is 10.0. The van der Waals surface area contributed by atoms with E-state index in [1.54, 1.807) is 0 Å². The highest BCUT2D eigenvalue weighted by Crippen LogP contribution is 2.27. The smallest absolute Gasteiger partial charge is 0.131 e. The number of benzene rings is 1. The predicted octanol–water partition coefficient (Wildman–Crippen LogP) is 3.05. The molecule has 0 saturated heterocycles. The maximum absolute atomic E-state index is 5.94. The largest absolute Gasteiger partial charge is 0.382 e. The van der Waals surface area contributed by atoms with E-state index >= 15 is 0 Å². The Morgan fingerprint density at radius 3 is 2.71 bits per heavy atom. The van der Waals surface area contributed by atoms with Crippen LogP contribution < -0.4 is 11.1 Å². The molecule has 0 unspecified atom stereocenters. The summed E-state index contributed by atoms with van der Waals surface area (Å²) in [6.07, 6.45) is 2.78. The van der Waals surface area contributed by atoms with Crippen LogP contribution in [0.5, 0.6) is 0 Å². The molecule has 112 valence electrons. The SMILES string of the molecule is CCOCCCNc1nccc(-c2ccccc2)c1CN. The number of rotatable bonds is 8. The van der Waals surface area contributed by atoms with Gasteiger partial charge in [0, 0.05) is 38.1 Å². The van der Waals surface area contributed by atoms with Gasteiger partial charge in [-0.15, -0.1) is 0 Å². The van der Waals surface area contributed by atoms with Gasteiger partial charge in [0.15, 0.2) is 0 Å². The summed E-state index contributed by atoms with van der Waals surface area (Å²) in [4.78, 5) is 4.42. The average molecular weight is 285 g/mol. The fourth-order valence-corrected chi connectivity index (χ4v) is 2.26. The Kier molecular flexibility index (Phi) is 6.19. The molecule has 1 aromatic carbocycles. The van der Waals surface area contributed by atoms with Gasteiger partial charge < -0.3 is 15.8 Å². The van der Waals surface area contributed by atoms with Gasteiger partial charge in [0.25, 0.3) is 0 Å². The molecule has 0 bridgehead atoms. The number of nitrogens with two attached hydrogens (primary N) is 1. The van der Waals surface area contributed by atoms with Gasteiger partial charge >= 0.3 is 0 Å². The molecule has 3 N–H and O–H groups in total. The minimum absolute atomic E-state index is 0.464. The van der Waals surface area contributed by atoms with E-state index in [4.69, 9.17) is 10.5 Å². The molecule has 2 aromatic rings. The van der Waals surface area contributed by atoms with E-state index in [2.05, 4.69) is 22.4 Å². The van der Waals surface area contributed by atoms with Gasteiger partial charge in [0.2, 0.25) is 0 Å². The first-order chi connectivity index (χ1) is 10.4. The summed E-state index contributed by atoms with van der Waals surface area (Å²) in [5.41, 5.74) is 9.30. The van der Waals surface area contributed by atoms with Crippen LogP contribution in [0.3, 0.4) is 0 Å². The molecular formula is C17H23N3O. The van der Waals surface area contributed by atoms with Gasteiger partial charge in [-0.2, -0.15) is 0 Å². The first-order valence-electron chi connectivity index (χ1n) is 7.41. The topological polar surface area (TPSA) is 60.2 Å². The monoisotopic (exact) mass is 285 g/mol. The Morgan fingerprint density at radius 2 is 2.00 bits per heavy atom. The van der Waals surface area contributed by atoms with E-state index in [-0.39, 0.29) is 0 Å². The van der Waals surface area contributed by atoms with Crippen molar-refractivity contribution < 1.29 is 4.74 Å². The van der Waals surface area contributed by atoms with Crippen molar-refractivity contribution in [2.24, 2.45) is 5.73 Å². The van der Waals surface area contributed by atoms with Crippen LogP contribution in [0.25, 0.3) is 11.1 Å². The van der Waals surface area contributed by atoms with E-state index < -0.39 is 0 Å². The average Bonchev–Trinajstić information content (AvgIpc) is 2.55. The molecule has 1 aromatic heterocycles.